The molecule has 0 unspecified atom stereocenters. The second-order valence-corrected chi connectivity index (χ2v) is 10.3. The van der Waals surface area contributed by atoms with Crippen molar-refractivity contribution in [2.24, 2.45) is 0 Å². The third-order valence-electron chi connectivity index (χ3n) is 6.67. The Kier molecular flexibility index (Phi) is 7.59. The van der Waals surface area contributed by atoms with Gasteiger partial charge in [0.15, 0.2) is 0 Å². The number of amides is 4. The van der Waals surface area contributed by atoms with Crippen LogP contribution in [0.5, 0.6) is 0 Å². The van der Waals surface area contributed by atoms with Gasteiger partial charge in [0.2, 0.25) is 11.8 Å². The molecule has 1 aromatic heterocycles. The quantitative estimate of drug-likeness (QED) is 0.456. The summed E-state index contributed by atoms with van der Waals surface area (Å²) in [6, 6.07) is 12.8. The van der Waals surface area contributed by atoms with E-state index in [4.69, 9.17) is 0 Å². The van der Waals surface area contributed by atoms with Crippen LogP contribution in [0.2, 0.25) is 0 Å². The van der Waals surface area contributed by atoms with Crippen LogP contribution in [0.15, 0.2) is 59.6 Å². The highest BCUT2D eigenvalue weighted by Gasteiger charge is 2.36. The van der Waals surface area contributed by atoms with Crippen molar-refractivity contribution in [3.63, 3.8) is 0 Å². The number of halogens is 1. The summed E-state index contributed by atoms with van der Waals surface area (Å²) < 4.78 is 15.0. The maximum Gasteiger partial charge on any atom is 0.294 e. The number of hydrogen-bond donors (Lipinski definition) is 1. The molecule has 2 saturated heterocycles. The van der Waals surface area contributed by atoms with Crippen LogP contribution in [0.25, 0.3) is 17.0 Å². The molecule has 2 fully saturated rings. The Morgan fingerprint density at radius 3 is 2.39 bits per heavy atom. The number of benzene rings is 2. The molecule has 38 heavy (non-hydrogen) atoms. The molecule has 8 nitrogen and oxygen atoms in total. The number of nitrogens with one attached hydrogen (secondary N) is 1. The zero-order valence-corrected chi connectivity index (χ0v) is 21.5. The molecule has 3 heterocycles. The molecule has 196 valence electrons. The van der Waals surface area contributed by atoms with Crippen molar-refractivity contribution in [2.75, 3.05) is 25.0 Å². The molecule has 0 saturated carbocycles. The van der Waals surface area contributed by atoms with Crippen molar-refractivity contribution >= 4 is 57.4 Å². The van der Waals surface area contributed by atoms with Gasteiger partial charge in [-0.1, -0.05) is 31.0 Å². The fraction of sp³-hybridized carbons (Fsp3) is 0.286. The number of rotatable bonds is 6. The smallest absolute Gasteiger partial charge is 0.294 e. The average Bonchev–Trinajstić information content (AvgIpc) is 3.21. The maximum atomic E-state index is 13.1. The number of thioether (sulfide) groups is 1. The van der Waals surface area contributed by atoms with Crippen LogP contribution < -0.4 is 5.32 Å². The average molecular weight is 535 g/mol. The molecule has 10 heteroatoms. The van der Waals surface area contributed by atoms with Gasteiger partial charge >= 0.3 is 0 Å². The van der Waals surface area contributed by atoms with Gasteiger partial charge in [0.25, 0.3) is 11.1 Å². The van der Waals surface area contributed by atoms with Gasteiger partial charge in [0, 0.05) is 41.4 Å². The van der Waals surface area contributed by atoms with Gasteiger partial charge < -0.3 is 14.8 Å². The van der Waals surface area contributed by atoms with Gasteiger partial charge in [-0.3, -0.25) is 24.1 Å². The summed E-state index contributed by atoms with van der Waals surface area (Å²) in [7, 11) is 0. The molecule has 2 aromatic carbocycles. The lowest BCUT2D eigenvalue weighted by molar-refractivity contribution is -0.131. The number of hydrogen-bond acceptors (Lipinski definition) is 5. The summed E-state index contributed by atoms with van der Waals surface area (Å²) in [5.41, 5.74) is 1.94. The van der Waals surface area contributed by atoms with Crippen molar-refractivity contribution in [3.8, 4) is 0 Å². The molecule has 5 rings (SSSR count). The fourth-order valence-electron chi connectivity index (χ4n) is 4.74. The lowest BCUT2D eigenvalue weighted by Gasteiger charge is -2.20. The Bertz CT molecular complexity index is 1420. The van der Waals surface area contributed by atoms with Crippen molar-refractivity contribution in [2.45, 2.75) is 32.2 Å². The van der Waals surface area contributed by atoms with Crippen LogP contribution in [0.1, 0.15) is 31.2 Å². The van der Waals surface area contributed by atoms with E-state index in [1.807, 2.05) is 39.9 Å². The first-order valence-electron chi connectivity index (χ1n) is 12.6. The van der Waals surface area contributed by atoms with E-state index in [1.165, 1.54) is 24.3 Å². The third kappa shape index (κ3) is 5.65. The summed E-state index contributed by atoms with van der Waals surface area (Å²) in [6.07, 6.45) is 7.78. The number of imide groups is 1. The van der Waals surface area contributed by atoms with E-state index in [0.29, 0.717) is 11.3 Å². The molecular weight excluding hydrogens is 507 g/mol. The van der Waals surface area contributed by atoms with Crippen LogP contribution >= 0.6 is 11.8 Å². The van der Waals surface area contributed by atoms with E-state index in [-0.39, 0.29) is 17.4 Å². The fourth-order valence-corrected chi connectivity index (χ4v) is 5.57. The molecular formula is C28H27FN4O4S. The number of nitrogens with zero attached hydrogens (tertiary/aromatic N) is 3. The predicted molar refractivity (Wildman–Crippen MR) is 145 cm³/mol. The minimum absolute atomic E-state index is 0.0618. The van der Waals surface area contributed by atoms with Gasteiger partial charge in [-0.15, -0.1) is 0 Å². The molecule has 4 amide bonds. The van der Waals surface area contributed by atoms with E-state index < -0.39 is 29.4 Å². The minimum Gasteiger partial charge on any atom is -0.341 e. The van der Waals surface area contributed by atoms with E-state index in [0.717, 1.165) is 66.3 Å². The topological polar surface area (TPSA) is 91.7 Å². The molecule has 0 atom stereocenters. The highest BCUT2D eigenvalue weighted by molar-refractivity contribution is 8.18. The number of likely N-dealkylation sites (tertiary alicyclic amines) is 1. The van der Waals surface area contributed by atoms with Gasteiger partial charge in [-0.25, -0.2) is 4.39 Å². The second kappa shape index (κ2) is 11.2. The highest BCUT2D eigenvalue weighted by atomic mass is 32.2. The van der Waals surface area contributed by atoms with E-state index in [9.17, 15) is 23.6 Å². The Labute approximate surface area is 223 Å². The SMILES string of the molecule is O=C(CN1C(=O)S/C(=C\c2cn(CC(=O)N3CCCCCC3)c3ccccc23)C1=O)Nc1ccc(F)cc1. The first-order chi connectivity index (χ1) is 18.4. The zero-order chi connectivity index (χ0) is 26.6. The van der Waals surface area contributed by atoms with Gasteiger partial charge in [0.1, 0.15) is 18.9 Å². The Hall–Kier alpha value is -3.92. The summed E-state index contributed by atoms with van der Waals surface area (Å²) in [5, 5.41) is 2.87. The summed E-state index contributed by atoms with van der Waals surface area (Å²) in [5.74, 6) is -1.51. The Balaban J connectivity index is 1.33. The molecule has 0 radical (unpaired) electrons. The number of carbonyl (C=O) groups excluding carboxylic acids is 4. The predicted octanol–water partition coefficient (Wildman–Crippen LogP) is 4.86. The standard InChI is InChI=1S/C28H27FN4O4S/c29-20-9-11-21(12-10-20)30-25(34)17-33-27(36)24(38-28(33)37)15-19-16-32(23-8-4-3-7-22(19)23)18-26(35)31-13-5-1-2-6-14-31/h3-4,7-12,15-16H,1-2,5-6,13-14,17-18H2,(H,30,34)/b24-15-. The maximum absolute atomic E-state index is 13.1. The van der Waals surface area contributed by atoms with Crippen LogP contribution in [-0.4, -0.2) is 57.0 Å². The van der Waals surface area contributed by atoms with Crippen molar-refractivity contribution in [1.82, 2.24) is 14.4 Å². The van der Waals surface area contributed by atoms with Crippen molar-refractivity contribution in [1.29, 1.82) is 0 Å². The van der Waals surface area contributed by atoms with Crippen molar-refractivity contribution in [3.05, 3.63) is 71.0 Å². The van der Waals surface area contributed by atoms with Crippen LogP contribution in [0.4, 0.5) is 14.9 Å². The molecule has 0 spiro atoms. The van der Waals surface area contributed by atoms with Gasteiger partial charge in [0.05, 0.1) is 4.91 Å². The summed E-state index contributed by atoms with van der Waals surface area (Å²) in [4.78, 5) is 54.1. The lowest BCUT2D eigenvalue weighted by Crippen LogP contribution is -2.36. The molecule has 2 aliphatic rings. The summed E-state index contributed by atoms with van der Waals surface area (Å²) in [6.45, 7) is 1.28. The number of anilines is 1. The number of aromatic nitrogens is 1. The zero-order valence-electron chi connectivity index (χ0n) is 20.7. The van der Waals surface area contributed by atoms with Crippen molar-refractivity contribution < 1.29 is 23.6 Å². The highest BCUT2D eigenvalue weighted by Crippen LogP contribution is 2.34. The second-order valence-electron chi connectivity index (χ2n) is 9.35. The minimum atomic E-state index is -0.566. The van der Waals surface area contributed by atoms with Crippen LogP contribution in [0, 0.1) is 5.82 Å². The molecule has 3 aromatic rings. The number of carbonyl (C=O) groups is 4. The Morgan fingerprint density at radius 2 is 1.66 bits per heavy atom. The third-order valence-corrected chi connectivity index (χ3v) is 7.58. The number of fused-ring (bicyclic) bond motifs is 1. The van der Waals surface area contributed by atoms with E-state index in [1.54, 1.807) is 6.08 Å². The van der Waals surface area contributed by atoms with E-state index >= 15 is 0 Å². The first kappa shape index (κ1) is 25.7. The lowest BCUT2D eigenvalue weighted by atomic mass is 10.1. The normalized spacial score (nSPS) is 17.3. The molecule has 0 bridgehead atoms. The molecule has 1 N–H and O–H groups in total. The van der Waals surface area contributed by atoms with Gasteiger partial charge in [-0.2, -0.15) is 0 Å². The van der Waals surface area contributed by atoms with Crippen LogP contribution in [-0.2, 0) is 20.9 Å². The van der Waals surface area contributed by atoms with Gasteiger partial charge in [-0.05, 0) is 61.0 Å². The molecule has 0 aliphatic carbocycles. The molecule has 2 aliphatic heterocycles. The van der Waals surface area contributed by atoms with Crippen LogP contribution in [0.3, 0.4) is 0 Å². The largest absolute Gasteiger partial charge is 0.341 e. The monoisotopic (exact) mass is 534 g/mol. The first-order valence-corrected chi connectivity index (χ1v) is 13.4. The van der Waals surface area contributed by atoms with E-state index in [2.05, 4.69) is 5.32 Å². The Morgan fingerprint density at radius 1 is 0.947 bits per heavy atom. The number of para-hydroxylation sites is 1. The summed E-state index contributed by atoms with van der Waals surface area (Å²) >= 11 is 0.768.